The second-order valence-electron chi connectivity index (χ2n) is 12.9. The first kappa shape index (κ1) is 29.0. The molecule has 0 amide bonds. The van der Waals surface area contributed by atoms with Crippen molar-refractivity contribution < 1.29 is 23.7 Å². The lowest BCUT2D eigenvalue weighted by molar-refractivity contribution is 0.0447. The number of halogens is 2. The van der Waals surface area contributed by atoms with Gasteiger partial charge in [0, 0.05) is 37.0 Å². The number of methoxy groups -OCH3 is 1. The van der Waals surface area contributed by atoms with Crippen LogP contribution < -0.4 is 14.4 Å². The number of β-amino-alcohol motifs (C(OH)–C–C–N with tert-alkyl or cyclic N) is 1. The molecule has 1 saturated carbocycles. The highest BCUT2D eigenvalue weighted by molar-refractivity contribution is 6.32. The van der Waals surface area contributed by atoms with Crippen LogP contribution in [0.25, 0.3) is 22.2 Å². The summed E-state index contributed by atoms with van der Waals surface area (Å²) in [6.07, 6.45) is 9.55. The van der Waals surface area contributed by atoms with Crippen LogP contribution in [0, 0.1) is 5.82 Å². The van der Waals surface area contributed by atoms with Gasteiger partial charge in [-0.15, -0.1) is 0 Å². The number of rotatable bonds is 9. The Balaban J connectivity index is 1.33. The van der Waals surface area contributed by atoms with Crippen molar-refractivity contribution in [1.82, 2.24) is 19.9 Å². The van der Waals surface area contributed by atoms with Crippen LogP contribution in [0.5, 0.6) is 11.8 Å². The quantitative estimate of drug-likeness (QED) is 0.306. The van der Waals surface area contributed by atoms with E-state index in [0.717, 1.165) is 63.6 Å². The maximum absolute atomic E-state index is 16.8. The molecule has 3 aliphatic heterocycles. The number of aliphatic hydroxyl groups is 1. The Kier molecular flexibility index (Phi) is 7.60. The highest BCUT2D eigenvalue weighted by atomic mass is 35.5. The van der Waals surface area contributed by atoms with Crippen LogP contribution in [0.1, 0.15) is 69.8 Å². The van der Waals surface area contributed by atoms with Gasteiger partial charge in [-0.25, -0.2) is 4.39 Å². The summed E-state index contributed by atoms with van der Waals surface area (Å²) in [7, 11) is 1.54. The number of hydrogen-bond donors (Lipinski definition) is 1. The zero-order valence-electron chi connectivity index (χ0n) is 24.9. The van der Waals surface area contributed by atoms with E-state index in [9.17, 15) is 5.11 Å². The van der Waals surface area contributed by atoms with E-state index in [4.69, 9.17) is 30.8 Å². The molecule has 3 aromatic rings. The summed E-state index contributed by atoms with van der Waals surface area (Å²) in [5, 5.41) is 11.9. The number of nitrogens with zero attached hydrogens (tertiary/aromatic N) is 5. The first-order chi connectivity index (χ1) is 20.8. The highest BCUT2D eigenvalue weighted by Gasteiger charge is 2.45. The number of ether oxygens (including phenoxy) is 3. The monoisotopic (exact) mass is 611 g/mol. The second-order valence-corrected chi connectivity index (χ2v) is 13.3. The van der Waals surface area contributed by atoms with Gasteiger partial charge >= 0.3 is 6.01 Å². The number of anilines is 1. The molecular formula is C32H39ClFN5O4. The molecule has 1 aromatic carbocycles. The van der Waals surface area contributed by atoms with Crippen molar-refractivity contribution in [2.45, 2.75) is 75.3 Å². The summed E-state index contributed by atoms with van der Waals surface area (Å²) in [6.45, 7) is 5.56. The molecule has 2 aromatic heterocycles. The molecule has 1 aliphatic carbocycles. The molecule has 0 radical (unpaired) electrons. The first-order valence-corrected chi connectivity index (χ1v) is 15.8. The van der Waals surface area contributed by atoms with E-state index in [1.165, 1.54) is 0 Å². The Hall–Kier alpha value is -2.79. The summed E-state index contributed by atoms with van der Waals surface area (Å²) in [6, 6.07) is 3.68. The summed E-state index contributed by atoms with van der Waals surface area (Å²) in [4.78, 5) is 18.7. The van der Waals surface area contributed by atoms with E-state index >= 15 is 4.39 Å². The zero-order chi connectivity index (χ0) is 29.8. The van der Waals surface area contributed by atoms with Crippen LogP contribution in [-0.2, 0) is 4.74 Å². The standard InChI is InChI=1S/C32H39ClFN5O4/c1-31(40)8-3-11-38(17-31)29-23-16-35-27(22-14-21(43-19-41-2)15-24(33)25(22)20-6-7-20)26(34)28(23)36-30(37-29)42-18-32-9-4-12-39(32)13-5-10-32/h14-16,20,40H,3-13,17-19H2,1-2H3. The molecule has 0 spiro atoms. The molecule has 1 N–H and O–H groups in total. The fourth-order valence-electron chi connectivity index (χ4n) is 7.36. The lowest BCUT2D eigenvalue weighted by Crippen LogP contribution is -2.46. The number of pyridine rings is 1. The summed E-state index contributed by atoms with van der Waals surface area (Å²) in [5.41, 5.74) is 0.884. The van der Waals surface area contributed by atoms with Crippen molar-refractivity contribution in [1.29, 1.82) is 0 Å². The normalized spacial score (nSPS) is 23.6. The Morgan fingerprint density at radius 2 is 1.84 bits per heavy atom. The maximum Gasteiger partial charge on any atom is 0.319 e. The number of benzene rings is 1. The Labute approximate surface area is 256 Å². The van der Waals surface area contributed by atoms with Gasteiger partial charge in [-0.1, -0.05) is 11.6 Å². The lowest BCUT2D eigenvalue weighted by atomic mass is 9.95. The molecule has 11 heteroatoms. The van der Waals surface area contributed by atoms with Crippen molar-refractivity contribution in [2.75, 3.05) is 51.6 Å². The molecule has 1 unspecified atom stereocenters. The van der Waals surface area contributed by atoms with Gasteiger partial charge < -0.3 is 24.2 Å². The van der Waals surface area contributed by atoms with Gasteiger partial charge in [0.15, 0.2) is 12.6 Å². The number of fused-ring (bicyclic) bond motifs is 2. The van der Waals surface area contributed by atoms with E-state index in [0.29, 0.717) is 53.7 Å². The zero-order valence-corrected chi connectivity index (χ0v) is 25.6. The van der Waals surface area contributed by atoms with Crippen molar-refractivity contribution in [3.8, 4) is 23.0 Å². The molecule has 43 heavy (non-hydrogen) atoms. The van der Waals surface area contributed by atoms with Gasteiger partial charge in [0.1, 0.15) is 29.4 Å². The number of piperidine rings is 1. The van der Waals surface area contributed by atoms with E-state index in [1.807, 2.05) is 11.8 Å². The lowest BCUT2D eigenvalue weighted by Gasteiger charge is -2.38. The van der Waals surface area contributed by atoms with E-state index < -0.39 is 11.4 Å². The predicted molar refractivity (Wildman–Crippen MR) is 163 cm³/mol. The summed E-state index contributed by atoms with van der Waals surface area (Å²) >= 11 is 6.74. The van der Waals surface area contributed by atoms with E-state index in [1.54, 1.807) is 25.4 Å². The SMILES string of the molecule is COCOc1cc(Cl)c(C2CC2)c(-c2ncc3c(N4CCCC(C)(O)C4)nc(OCC45CCCN4CCC5)nc3c2F)c1. The van der Waals surface area contributed by atoms with Crippen LogP contribution in [0.3, 0.4) is 0 Å². The van der Waals surface area contributed by atoms with Crippen LogP contribution in [0.4, 0.5) is 10.2 Å². The smallest absolute Gasteiger partial charge is 0.319 e. The van der Waals surface area contributed by atoms with Gasteiger partial charge in [-0.05, 0) is 95.0 Å². The number of hydrogen-bond acceptors (Lipinski definition) is 9. The van der Waals surface area contributed by atoms with Gasteiger partial charge in [0.2, 0.25) is 0 Å². The largest absolute Gasteiger partial charge is 0.467 e. The fraction of sp³-hybridized carbons (Fsp3) is 0.594. The molecular weight excluding hydrogens is 573 g/mol. The minimum Gasteiger partial charge on any atom is -0.467 e. The molecule has 7 rings (SSSR count). The predicted octanol–water partition coefficient (Wildman–Crippen LogP) is 5.70. The average molecular weight is 612 g/mol. The molecule has 3 saturated heterocycles. The molecule has 0 bridgehead atoms. The molecule has 9 nitrogen and oxygen atoms in total. The maximum atomic E-state index is 16.8. The van der Waals surface area contributed by atoms with Crippen molar-refractivity contribution in [3.63, 3.8) is 0 Å². The minimum atomic E-state index is -0.881. The van der Waals surface area contributed by atoms with Gasteiger partial charge in [-0.3, -0.25) is 9.88 Å². The minimum absolute atomic E-state index is 0.00617. The summed E-state index contributed by atoms with van der Waals surface area (Å²) < 4.78 is 33.9. The van der Waals surface area contributed by atoms with E-state index in [2.05, 4.69) is 14.9 Å². The molecule has 230 valence electrons. The molecule has 4 fully saturated rings. The second kappa shape index (κ2) is 11.3. The van der Waals surface area contributed by atoms with Gasteiger partial charge in [-0.2, -0.15) is 9.97 Å². The van der Waals surface area contributed by atoms with Crippen LogP contribution >= 0.6 is 11.6 Å². The Morgan fingerprint density at radius 1 is 1.07 bits per heavy atom. The third-order valence-corrected chi connectivity index (χ3v) is 9.90. The van der Waals surface area contributed by atoms with Crippen molar-refractivity contribution in [3.05, 3.63) is 34.7 Å². The van der Waals surface area contributed by atoms with Crippen LogP contribution in [-0.4, -0.2) is 82.8 Å². The van der Waals surface area contributed by atoms with Crippen molar-refractivity contribution in [2.24, 2.45) is 0 Å². The third kappa shape index (κ3) is 5.52. The van der Waals surface area contributed by atoms with E-state index in [-0.39, 0.29) is 35.5 Å². The van der Waals surface area contributed by atoms with Gasteiger partial charge in [0.05, 0.1) is 16.5 Å². The first-order valence-electron chi connectivity index (χ1n) is 15.4. The van der Waals surface area contributed by atoms with Crippen LogP contribution in [0.15, 0.2) is 18.3 Å². The fourth-order valence-corrected chi connectivity index (χ4v) is 7.73. The molecule has 5 heterocycles. The summed E-state index contributed by atoms with van der Waals surface area (Å²) in [5.74, 6) is 0.694. The highest BCUT2D eigenvalue weighted by Crippen LogP contribution is 2.49. The molecule has 4 aliphatic rings. The average Bonchev–Trinajstić information content (AvgIpc) is 3.61. The Morgan fingerprint density at radius 3 is 2.56 bits per heavy atom. The Bertz CT molecular complexity index is 1520. The third-order valence-electron chi connectivity index (χ3n) is 9.59. The number of aromatic nitrogens is 3. The van der Waals surface area contributed by atoms with Gasteiger partial charge in [0.25, 0.3) is 0 Å². The van der Waals surface area contributed by atoms with Crippen molar-refractivity contribution >= 4 is 28.3 Å². The van der Waals surface area contributed by atoms with Crippen LogP contribution in [0.2, 0.25) is 5.02 Å². The molecule has 1 atom stereocenters. The topological polar surface area (TPSA) is 93.1 Å².